The molecule has 1 N–H and O–H groups in total. The number of anilines is 1. The first-order valence-corrected chi connectivity index (χ1v) is 13.0. The van der Waals surface area contributed by atoms with Gasteiger partial charge in [-0.05, 0) is 17.7 Å². The number of nitrogens with one attached hydrogen (secondary N) is 1. The minimum Gasteiger partial charge on any atom is -0.493 e. The first kappa shape index (κ1) is 24.4. The molecule has 37 heavy (non-hydrogen) atoms. The maximum Gasteiger partial charge on any atom is 0.239 e. The summed E-state index contributed by atoms with van der Waals surface area (Å²) in [6, 6.07) is 10.1. The second kappa shape index (κ2) is 10.00. The molecule has 1 aliphatic rings. The highest BCUT2D eigenvalue weighted by Gasteiger charge is 2.32. The lowest BCUT2D eigenvalue weighted by Gasteiger charge is -2.20. The van der Waals surface area contributed by atoms with Crippen molar-refractivity contribution >= 4 is 27.6 Å². The molecule has 0 saturated carbocycles. The molecule has 0 fully saturated rings. The number of aryl methyl sites for hydroxylation is 1. The number of ether oxygens (including phenoxy) is 2. The van der Waals surface area contributed by atoms with Crippen LogP contribution >= 0.6 is 11.6 Å². The molecule has 188 valence electrons. The van der Waals surface area contributed by atoms with Crippen molar-refractivity contribution in [2.24, 2.45) is 0 Å². The van der Waals surface area contributed by atoms with Crippen molar-refractivity contribution in [2.45, 2.75) is 12.5 Å². The van der Waals surface area contributed by atoms with Crippen LogP contribution in [0.5, 0.6) is 11.5 Å². The number of halogens is 1. The molecule has 0 aliphatic carbocycles. The molecule has 4 heterocycles. The van der Waals surface area contributed by atoms with Gasteiger partial charge in [0.15, 0.2) is 23.0 Å². The van der Waals surface area contributed by atoms with Crippen molar-refractivity contribution in [2.75, 3.05) is 24.2 Å². The fourth-order valence-corrected chi connectivity index (χ4v) is 4.96. The third-order valence-corrected chi connectivity index (χ3v) is 7.04. The van der Waals surface area contributed by atoms with Gasteiger partial charge in [0.05, 0.1) is 35.6 Å². The highest BCUT2D eigenvalue weighted by molar-refractivity contribution is 7.92. The van der Waals surface area contributed by atoms with Crippen molar-refractivity contribution < 1.29 is 17.9 Å². The molecule has 3 aromatic heterocycles. The van der Waals surface area contributed by atoms with Crippen LogP contribution in [0.15, 0.2) is 48.9 Å². The lowest BCUT2D eigenvalue weighted by molar-refractivity contribution is 0.266. The van der Waals surface area contributed by atoms with Gasteiger partial charge in [-0.1, -0.05) is 23.7 Å². The number of rotatable bonds is 7. The number of hydrogen-bond acceptors (Lipinski definition) is 10. The summed E-state index contributed by atoms with van der Waals surface area (Å²) in [5.74, 6) is 1.07. The minimum absolute atomic E-state index is 0.0274. The summed E-state index contributed by atoms with van der Waals surface area (Å²) in [5.41, 5.74) is 1.47. The summed E-state index contributed by atoms with van der Waals surface area (Å²) in [4.78, 5) is 12.5. The van der Waals surface area contributed by atoms with Crippen LogP contribution in [0.25, 0.3) is 11.5 Å². The number of methoxy groups -OCH3 is 1. The van der Waals surface area contributed by atoms with E-state index in [1.807, 2.05) is 6.07 Å². The Morgan fingerprint density at radius 3 is 2.81 bits per heavy atom. The fourth-order valence-electron chi connectivity index (χ4n) is 3.89. The van der Waals surface area contributed by atoms with Gasteiger partial charge >= 0.3 is 0 Å². The van der Waals surface area contributed by atoms with Crippen molar-refractivity contribution in [3.8, 4) is 29.1 Å². The Hall–Kier alpha value is -4.28. The molecule has 0 saturated heterocycles. The van der Waals surface area contributed by atoms with E-state index in [2.05, 4.69) is 35.9 Å². The maximum atomic E-state index is 13.0. The van der Waals surface area contributed by atoms with E-state index in [4.69, 9.17) is 21.1 Å². The van der Waals surface area contributed by atoms with Gasteiger partial charge in [-0.2, -0.15) is 5.26 Å². The van der Waals surface area contributed by atoms with E-state index < -0.39 is 16.1 Å². The van der Waals surface area contributed by atoms with Crippen LogP contribution < -0.4 is 14.2 Å². The van der Waals surface area contributed by atoms with Gasteiger partial charge in [0.1, 0.15) is 12.4 Å². The van der Waals surface area contributed by atoms with E-state index in [9.17, 15) is 13.7 Å². The summed E-state index contributed by atoms with van der Waals surface area (Å²) in [6.45, 7) is 0.0717. The average molecular weight is 539 g/mol. The number of aromatic nitrogens is 6. The third-order valence-electron chi connectivity index (χ3n) is 5.61. The molecular formula is C23H19ClN8O4S. The van der Waals surface area contributed by atoms with Gasteiger partial charge < -0.3 is 9.47 Å². The van der Waals surface area contributed by atoms with Crippen molar-refractivity contribution in [3.05, 3.63) is 70.9 Å². The zero-order valence-electron chi connectivity index (χ0n) is 19.4. The topological polar surface area (TPSA) is 158 Å². The molecule has 12 nitrogen and oxygen atoms in total. The maximum absolute atomic E-state index is 13.0. The van der Waals surface area contributed by atoms with Crippen LogP contribution in [0.4, 0.5) is 5.95 Å². The van der Waals surface area contributed by atoms with Crippen molar-refractivity contribution in [3.63, 3.8) is 0 Å². The molecule has 1 aliphatic heterocycles. The largest absolute Gasteiger partial charge is 0.493 e. The van der Waals surface area contributed by atoms with Crippen molar-refractivity contribution in [1.29, 1.82) is 5.26 Å². The van der Waals surface area contributed by atoms with E-state index in [1.54, 1.807) is 28.8 Å². The number of sulfonamides is 1. The molecule has 14 heteroatoms. The Morgan fingerprint density at radius 1 is 1.24 bits per heavy atom. The second-order valence-electron chi connectivity index (χ2n) is 7.96. The highest BCUT2D eigenvalue weighted by atomic mass is 35.5. The number of hydrogen-bond donors (Lipinski definition) is 1. The van der Waals surface area contributed by atoms with Gasteiger partial charge in [-0.15, -0.1) is 10.2 Å². The minimum atomic E-state index is -3.89. The summed E-state index contributed by atoms with van der Waals surface area (Å²) in [6.07, 6.45) is 4.40. The quantitative estimate of drug-likeness (QED) is 0.370. The van der Waals surface area contributed by atoms with E-state index in [0.717, 1.165) is 0 Å². The van der Waals surface area contributed by atoms with Crippen LogP contribution in [0.2, 0.25) is 5.02 Å². The Morgan fingerprint density at radius 2 is 2.05 bits per heavy atom. The molecule has 4 aromatic rings. The van der Waals surface area contributed by atoms with Crippen LogP contribution in [0, 0.1) is 11.3 Å². The van der Waals surface area contributed by atoms with Gasteiger partial charge in [0.2, 0.25) is 16.0 Å². The predicted molar refractivity (Wildman–Crippen MR) is 133 cm³/mol. The van der Waals surface area contributed by atoms with E-state index >= 15 is 0 Å². The Kier molecular flexibility index (Phi) is 6.60. The average Bonchev–Trinajstić information content (AvgIpc) is 3.22. The summed E-state index contributed by atoms with van der Waals surface area (Å²) >= 11 is 5.80. The SMILES string of the molecule is COc1ccnc2c1OC[C@H](c1cccc(C#N)c1)n1c(NS(=O)(=O)CCc3ncc(Cl)cn3)nnc1-2. The zero-order valence-corrected chi connectivity index (χ0v) is 20.9. The lowest BCUT2D eigenvalue weighted by Crippen LogP contribution is -2.25. The Bertz CT molecular complexity index is 1600. The molecule has 0 amide bonds. The smallest absolute Gasteiger partial charge is 0.239 e. The van der Waals surface area contributed by atoms with E-state index in [-0.39, 0.29) is 30.6 Å². The van der Waals surface area contributed by atoms with Crippen molar-refractivity contribution in [1.82, 2.24) is 29.7 Å². The normalized spacial score (nSPS) is 14.5. The zero-order chi connectivity index (χ0) is 26.0. The molecule has 0 bridgehead atoms. The second-order valence-corrected chi connectivity index (χ2v) is 10.2. The lowest BCUT2D eigenvalue weighted by atomic mass is 10.0. The van der Waals surface area contributed by atoms with Gasteiger partial charge in [0.25, 0.3) is 0 Å². The van der Waals surface area contributed by atoms with Crippen LogP contribution in [0.1, 0.15) is 23.0 Å². The van der Waals surface area contributed by atoms with Gasteiger partial charge in [-0.25, -0.2) is 23.4 Å². The number of fused-ring (bicyclic) bond motifs is 3. The van der Waals surface area contributed by atoms with Gasteiger partial charge in [-0.3, -0.25) is 9.29 Å². The van der Waals surface area contributed by atoms with Crippen LogP contribution in [-0.2, 0) is 16.4 Å². The Labute approximate surface area is 217 Å². The van der Waals surface area contributed by atoms with Gasteiger partial charge in [0, 0.05) is 31.1 Å². The van der Waals surface area contributed by atoms with Crippen LogP contribution in [0.3, 0.4) is 0 Å². The molecule has 0 radical (unpaired) electrons. The summed E-state index contributed by atoms with van der Waals surface area (Å²) in [7, 11) is -2.39. The highest BCUT2D eigenvalue weighted by Crippen LogP contribution is 2.41. The number of benzene rings is 1. The third kappa shape index (κ3) is 5.02. The fraction of sp³-hybridized carbons (Fsp3) is 0.217. The first-order valence-electron chi connectivity index (χ1n) is 11.0. The molecule has 0 spiro atoms. The standard InChI is InChI=1S/C23H19ClN8O4S/c1-35-18-5-7-26-20-21(18)36-13-17(15-4-2-3-14(9-15)10-25)32-22(20)29-30-23(32)31-37(33,34)8-6-19-27-11-16(24)12-28-19/h2-5,7,9,11-12,17H,6,8,13H2,1H3,(H,30,31)/t17-/m1/s1. The monoisotopic (exact) mass is 538 g/mol. The molecule has 5 rings (SSSR count). The molecule has 0 unspecified atom stereocenters. The number of nitriles is 1. The molecular weight excluding hydrogens is 520 g/mol. The van der Waals surface area contributed by atoms with E-state index in [0.29, 0.717) is 39.2 Å². The molecule has 1 aromatic carbocycles. The van der Waals surface area contributed by atoms with E-state index in [1.165, 1.54) is 25.7 Å². The Balaban J connectivity index is 1.55. The predicted octanol–water partition coefficient (Wildman–Crippen LogP) is 2.63. The number of pyridine rings is 1. The first-order chi connectivity index (χ1) is 17.9. The summed E-state index contributed by atoms with van der Waals surface area (Å²) in [5, 5.41) is 18.1. The summed E-state index contributed by atoms with van der Waals surface area (Å²) < 4.78 is 41.7. The molecule has 1 atom stereocenters. The number of nitrogens with zero attached hydrogens (tertiary/aromatic N) is 7. The van der Waals surface area contributed by atoms with Crippen LogP contribution in [-0.4, -0.2) is 57.6 Å².